The van der Waals surface area contributed by atoms with E-state index in [9.17, 15) is 4.39 Å². The second-order valence-electron chi connectivity index (χ2n) is 4.91. The molecule has 1 N–H and O–H groups in total. The van der Waals surface area contributed by atoms with Crippen LogP contribution in [-0.2, 0) is 6.54 Å². The third kappa shape index (κ3) is 2.58. The van der Waals surface area contributed by atoms with Gasteiger partial charge >= 0.3 is 0 Å². The lowest BCUT2D eigenvalue weighted by Gasteiger charge is -2.13. The Morgan fingerprint density at radius 3 is 2.85 bits per heavy atom. The van der Waals surface area contributed by atoms with E-state index in [4.69, 9.17) is 4.42 Å². The van der Waals surface area contributed by atoms with Gasteiger partial charge in [0.25, 0.3) is 0 Å². The Bertz CT molecular complexity index is 720. The van der Waals surface area contributed by atoms with Gasteiger partial charge in [0.05, 0.1) is 6.26 Å². The molecule has 0 aliphatic rings. The fourth-order valence-electron chi connectivity index (χ4n) is 2.33. The molecule has 0 saturated carbocycles. The van der Waals surface area contributed by atoms with Crippen molar-refractivity contribution in [3.63, 3.8) is 0 Å². The summed E-state index contributed by atoms with van der Waals surface area (Å²) in [5, 5.41) is 4.51. The molecule has 0 saturated heterocycles. The third-order valence-electron chi connectivity index (χ3n) is 3.51. The van der Waals surface area contributed by atoms with Crippen molar-refractivity contribution in [2.75, 3.05) is 0 Å². The molecule has 1 aromatic heterocycles. The summed E-state index contributed by atoms with van der Waals surface area (Å²) in [5.74, 6) is -0.204. The molecule has 2 nitrogen and oxygen atoms in total. The van der Waals surface area contributed by atoms with Crippen LogP contribution in [0.5, 0.6) is 0 Å². The lowest BCUT2D eigenvalue weighted by Crippen LogP contribution is -2.17. The van der Waals surface area contributed by atoms with Gasteiger partial charge < -0.3 is 9.73 Å². The molecule has 0 bridgehead atoms. The van der Waals surface area contributed by atoms with Gasteiger partial charge in [-0.2, -0.15) is 0 Å². The summed E-state index contributed by atoms with van der Waals surface area (Å²) >= 11 is 0. The van der Waals surface area contributed by atoms with Crippen LogP contribution in [0.15, 0.2) is 59.2 Å². The van der Waals surface area contributed by atoms with Crippen molar-refractivity contribution in [3.8, 4) is 0 Å². The Labute approximate surface area is 117 Å². The zero-order chi connectivity index (χ0) is 13.9. The lowest BCUT2D eigenvalue weighted by molar-refractivity contribution is 0.556. The normalized spacial score (nSPS) is 12.7. The first kappa shape index (κ1) is 12.9. The van der Waals surface area contributed by atoms with Gasteiger partial charge in [0.2, 0.25) is 0 Å². The van der Waals surface area contributed by atoms with Crippen LogP contribution in [0.2, 0.25) is 0 Å². The number of para-hydroxylation sites is 1. The summed E-state index contributed by atoms with van der Waals surface area (Å²) in [6.45, 7) is 2.71. The van der Waals surface area contributed by atoms with Crippen LogP contribution < -0.4 is 5.32 Å². The summed E-state index contributed by atoms with van der Waals surface area (Å²) in [7, 11) is 0. The molecule has 3 aromatic rings. The van der Waals surface area contributed by atoms with Gasteiger partial charge in [-0.25, -0.2) is 4.39 Å². The average molecular weight is 269 g/mol. The largest absolute Gasteiger partial charge is 0.464 e. The van der Waals surface area contributed by atoms with Crippen LogP contribution in [0.1, 0.15) is 24.1 Å². The number of furan rings is 1. The van der Waals surface area contributed by atoms with Crippen LogP contribution in [0.4, 0.5) is 4.39 Å². The summed E-state index contributed by atoms with van der Waals surface area (Å²) in [4.78, 5) is 0. The number of hydrogen-bond donors (Lipinski definition) is 1. The van der Waals surface area contributed by atoms with Crippen molar-refractivity contribution in [2.45, 2.75) is 19.5 Å². The Kier molecular flexibility index (Phi) is 3.52. The first-order chi connectivity index (χ1) is 9.74. The van der Waals surface area contributed by atoms with Gasteiger partial charge in [0.1, 0.15) is 11.4 Å². The van der Waals surface area contributed by atoms with E-state index in [0.29, 0.717) is 6.54 Å². The van der Waals surface area contributed by atoms with E-state index in [2.05, 4.69) is 5.32 Å². The lowest BCUT2D eigenvalue weighted by atomic mass is 10.1. The summed E-state index contributed by atoms with van der Waals surface area (Å²) in [5.41, 5.74) is 2.95. The van der Waals surface area contributed by atoms with Gasteiger partial charge in [-0.1, -0.05) is 30.3 Å². The topological polar surface area (TPSA) is 25.2 Å². The maximum Gasteiger partial charge on any atom is 0.134 e. The highest BCUT2D eigenvalue weighted by molar-refractivity contribution is 5.80. The number of nitrogens with one attached hydrogen (secondary N) is 1. The van der Waals surface area contributed by atoms with Crippen molar-refractivity contribution in [3.05, 3.63) is 71.7 Å². The minimum absolute atomic E-state index is 0.0827. The SMILES string of the molecule is CC(NCc1coc2ccccc12)c1cccc(F)c1. The smallest absolute Gasteiger partial charge is 0.134 e. The van der Waals surface area contributed by atoms with E-state index in [1.807, 2.05) is 37.3 Å². The average Bonchev–Trinajstić information content (AvgIpc) is 2.88. The molecule has 1 atom stereocenters. The molecule has 0 amide bonds. The molecule has 0 spiro atoms. The molecule has 3 rings (SSSR count). The number of fused-ring (bicyclic) bond motifs is 1. The minimum atomic E-state index is -0.204. The van der Waals surface area contributed by atoms with Crippen LogP contribution in [0.25, 0.3) is 11.0 Å². The summed E-state index contributed by atoms with van der Waals surface area (Å²) in [6.07, 6.45) is 1.77. The predicted octanol–water partition coefficient (Wildman–Crippen LogP) is 4.42. The quantitative estimate of drug-likeness (QED) is 0.758. The van der Waals surface area contributed by atoms with E-state index in [1.165, 1.54) is 6.07 Å². The van der Waals surface area contributed by atoms with Gasteiger partial charge in [0.15, 0.2) is 0 Å². The Morgan fingerprint density at radius 1 is 1.15 bits per heavy atom. The standard InChI is InChI=1S/C17H16FNO/c1-12(13-5-4-6-15(18)9-13)19-10-14-11-20-17-8-3-2-7-16(14)17/h2-9,11-12,19H,10H2,1H3. The molecule has 0 radical (unpaired) electrons. The van der Waals surface area contributed by atoms with E-state index >= 15 is 0 Å². The van der Waals surface area contributed by atoms with Crippen molar-refractivity contribution < 1.29 is 8.81 Å². The fraction of sp³-hybridized carbons (Fsp3) is 0.176. The molecular weight excluding hydrogens is 253 g/mol. The van der Waals surface area contributed by atoms with Crippen LogP contribution in [0, 0.1) is 5.82 Å². The Hall–Kier alpha value is -2.13. The first-order valence-corrected chi connectivity index (χ1v) is 6.68. The molecule has 2 aromatic carbocycles. The molecule has 102 valence electrons. The maximum absolute atomic E-state index is 13.2. The molecule has 1 heterocycles. The van der Waals surface area contributed by atoms with E-state index in [-0.39, 0.29) is 11.9 Å². The number of hydrogen-bond acceptors (Lipinski definition) is 2. The Balaban J connectivity index is 1.73. The molecule has 0 aliphatic carbocycles. The predicted molar refractivity (Wildman–Crippen MR) is 77.9 cm³/mol. The highest BCUT2D eigenvalue weighted by atomic mass is 19.1. The zero-order valence-corrected chi connectivity index (χ0v) is 11.3. The highest BCUT2D eigenvalue weighted by Crippen LogP contribution is 2.21. The van der Waals surface area contributed by atoms with E-state index in [1.54, 1.807) is 18.4 Å². The number of benzene rings is 2. The molecule has 0 fully saturated rings. The minimum Gasteiger partial charge on any atom is -0.464 e. The first-order valence-electron chi connectivity index (χ1n) is 6.68. The summed E-state index contributed by atoms with van der Waals surface area (Å²) in [6, 6.07) is 14.7. The molecule has 0 aliphatic heterocycles. The fourth-order valence-corrected chi connectivity index (χ4v) is 2.33. The number of rotatable bonds is 4. The number of halogens is 1. The highest BCUT2D eigenvalue weighted by Gasteiger charge is 2.09. The van der Waals surface area contributed by atoms with E-state index in [0.717, 1.165) is 22.1 Å². The van der Waals surface area contributed by atoms with Crippen LogP contribution in [0.3, 0.4) is 0 Å². The molecular formula is C17H16FNO. The van der Waals surface area contributed by atoms with Crippen molar-refractivity contribution >= 4 is 11.0 Å². The maximum atomic E-state index is 13.2. The van der Waals surface area contributed by atoms with Gasteiger partial charge in [0, 0.05) is 23.5 Å². The van der Waals surface area contributed by atoms with Crippen molar-refractivity contribution in [1.29, 1.82) is 0 Å². The summed E-state index contributed by atoms with van der Waals surface area (Å²) < 4.78 is 18.7. The Morgan fingerprint density at radius 2 is 2.00 bits per heavy atom. The van der Waals surface area contributed by atoms with Crippen molar-refractivity contribution in [2.24, 2.45) is 0 Å². The molecule has 1 unspecified atom stereocenters. The molecule has 20 heavy (non-hydrogen) atoms. The second-order valence-corrected chi connectivity index (χ2v) is 4.91. The monoisotopic (exact) mass is 269 g/mol. The van der Waals surface area contributed by atoms with E-state index < -0.39 is 0 Å². The van der Waals surface area contributed by atoms with Crippen molar-refractivity contribution in [1.82, 2.24) is 5.32 Å². The zero-order valence-electron chi connectivity index (χ0n) is 11.3. The van der Waals surface area contributed by atoms with Gasteiger partial charge in [-0.3, -0.25) is 0 Å². The van der Waals surface area contributed by atoms with Crippen LogP contribution >= 0.6 is 0 Å². The molecule has 3 heteroatoms. The van der Waals surface area contributed by atoms with Gasteiger partial charge in [-0.15, -0.1) is 0 Å². The third-order valence-corrected chi connectivity index (χ3v) is 3.51. The second kappa shape index (κ2) is 5.47. The van der Waals surface area contributed by atoms with Crippen LogP contribution in [-0.4, -0.2) is 0 Å². The van der Waals surface area contributed by atoms with Gasteiger partial charge in [-0.05, 0) is 30.7 Å².